The first kappa shape index (κ1) is 56.1. The number of carbonyl (C=O) groups is 8. The third kappa shape index (κ3) is 13.1. The summed E-state index contributed by atoms with van der Waals surface area (Å²) in [7, 11) is 3.29. The molecule has 20 nitrogen and oxygen atoms in total. The molecule has 0 spiro atoms. The van der Waals surface area contributed by atoms with Gasteiger partial charge in [0.2, 0.25) is 35.4 Å². The lowest BCUT2D eigenvalue weighted by Gasteiger charge is -2.36. The average Bonchev–Trinajstić information content (AvgIpc) is 4.16. The van der Waals surface area contributed by atoms with Gasteiger partial charge in [0.25, 0.3) is 11.8 Å². The van der Waals surface area contributed by atoms with Crippen molar-refractivity contribution in [2.45, 2.75) is 167 Å². The van der Waals surface area contributed by atoms with Crippen molar-refractivity contribution in [3.63, 3.8) is 0 Å². The molecule has 0 radical (unpaired) electrons. The van der Waals surface area contributed by atoms with Crippen LogP contribution in [0.4, 0.5) is 0 Å². The number of hydrogen-bond donors (Lipinski definition) is 9. The summed E-state index contributed by atoms with van der Waals surface area (Å²) in [6, 6.07) is 10.1. The van der Waals surface area contributed by atoms with E-state index in [2.05, 4.69) is 64.9 Å². The number of likely N-dealkylation sites (N-methyl/N-ethyl adjacent to an activating group) is 2. The van der Waals surface area contributed by atoms with E-state index in [1.165, 1.54) is 15.9 Å². The topological polar surface area (TPSA) is 268 Å². The fraction of sp³-hybridized carbons (Fsp3) is 0.582. The highest BCUT2D eigenvalue weighted by Crippen LogP contribution is 2.34. The van der Waals surface area contributed by atoms with Gasteiger partial charge in [0.05, 0.1) is 24.2 Å². The highest BCUT2D eigenvalue weighted by Gasteiger charge is 2.48. The predicted molar refractivity (Wildman–Crippen MR) is 282 cm³/mol. The highest BCUT2D eigenvalue weighted by molar-refractivity contribution is 5.99. The third-order valence-corrected chi connectivity index (χ3v) is 15.3. The molecule has 406 valence electrons. The molecule has 2 aliphatic carbocycles. The zero-order valence-electron chi connectivity index (χ0n) is 45.1. The van der Waals surface area contributed by atoms with Gasteiger partial charge in [-0.15, -0.1) is 0 Å². The molecule has 4 aliphatic rings. The van der Waals surface area contributed by atoms with E-state index < -0.39 is 82.8 Å². The summed E-state index contributed by atoms with van der Waals surface area (Å²) >= 11 is 0. The molecule has 0 bridgehead atoms. The molecule has 3 aromatic rings. The first-order valence-electron chi connectivity index (χ1n) is 26.5. The van der Waals surface area contributed by atoms with Gasteiger partial charge in [0.1, 0.15) is 29.9 Å². The van der Waals surface area contributed by atoms with Gasteiger partial charge in [-0.1, -0.05) is 90.1 Å². The SMILES string of the molecule is CN[C@@H](C)C(=O)N[C@H](C(=O)N1C[C@@H](NC(=O)c2cc(C(=O)N[C@H]3C[C@@H](C(=O)N[C@@H]4CCCc5ccccc54)N(C(=O)[C@@H](NC(=O)[C@H](C)NC)C(C)(C)C)C3)[nH]n2)C[C@H]1C(=O)N[C@@H]1CCCc2ccccc21)C(C)(C)C. The molecule has 8 amide bonds. The fourth-order valence-electron chi connectivity index (χ4n) is 10.7. The van der Waals surface area contributed by atoms with Gasteiger partial charge in [-0.2, -0.15) is 5.10 Å². The molecule has 0 saturated carbocycles. The van der Waals surface area contributed by atoms with Gasteiger partial charge >= 0.3 is 0 Å². The molecule has 10 atom stereocenters. The van der Waals surface area contributed by atoms with Gasteiger partial charge in [0, 0.05) is 31.2 Å². The number of aryl methyl sites for hydroxylation is 2. The molecule has 3 heterocycles. The molecule has 2 fully saturated rings. The van der Waals surface area contributed by atoms with Crippen LogP contribution in [0.2, 0.25) is 0 Å². The summed E-state index contributed by atoms with van der Waals surface area (Å²) in [6.45, 7) is 14.3. The summed E-state index contributed by atoms with van der Waals surface area (Å²) in [6.07, 6.45) is 5.13. The number of amides is 8. The van der Waals surface area contributed by atoms with Gasteiger partial charge in [-0.3, -0.25) is 43.5 Å². The Balaban J connectivity index is 1.07. The number of benzene rings is 2. The maximum Gasteiger partial charge on any atom is 0.272 e. The van der Waals surface area contributed by atoms with E-state index in [-0.39, 0.29) is 73.0 Å². The van der Waals surface area contributed by atoms with Crippen LogP contribution in [0, 0.1) is 10.8 Å². The molecule has 2 aromatic carbocycles. The van der Waals surface area contributed by atoms with Gasteiger partial charge in [-0.05, 0) is 112 Å². The fourth-order valence-corrected chi connectivity index (χ4v) is 10.7. The van der Waals surface area contributed by atoms with E-state index >= 15 is 0 Å². The van der Waals surface area contributed by atoms with Crippen LogP contribution >= 0.6 is 0 Å². The van der Waals surface area contributed by atoms with E-state index in [1.807, 2.05) is 77.9 Å². The maximum absolute atomic E-state index is 14.6. The third-order valence-electron chi connectivity index (χ3n) is 15.3. The van der Waals surface area contributed by atoms with E-state index in [1.54, 1.807) is 27.9 Å². The predicted octanol–water partition coefficient (Wildman–Crippen LogP) is 2.47. The number of H-pyrrole nitrogens is 1. The summed E-state index contributed by atoms with van der Waals surface area (Å²) in [5.41, 5.74) is 2.67. The Morgan fingerprint density at radius 1 is 0.600 bits per heavy atom. The summed E-state index contributed by atoms with van der Waals surface area (Å²) in [5.74, 6) is -3.74. The van der Waals surface area contributed by atoms with Crippen LogP contribution in [0.25, 0.3) is 0 Å². The van der Waals surface area contributed by atoms with Crippen LogP contribution in [0.15, 0.2) is 54.6 Å². The Bertz CT molecular complexity index is 2450. The molecule has 1 aromatic heterocycles. The van der Waals surface area contributed by atoms with Gasteiger partial charge in [0.15, 0.2) is 5.69 Å². The van der Waals surface area contributed by atoms with E-state index in [0.717, 1.165) is 60.8 Å². The minimum absolute atomic E-state index is 0.0391. The quantitative estimate of drug-likeness (QED) is 0.101. The van der Waals surface area contributed by atoms with Crippen molar-refractivity contribution >= 4 is 47.3 Å². The normalized spacial score (nSPS) is 23.1. The lowest BCUT2D eigenvalue weighted by atomic mass is 9.85. The Morgan fingerprint density at radius 2 is 1.01 bits per heavy atom. The number of nitrogens with one attached hydrogen (secondary N) is 9. The standard InChI is InChI=1S/C55H78N12O8/c1-30(56-9)46(68)62-44(54(3,4)5)52(74)66-28-34(25-42(66)50(72)60-38-23-15-19-32-17-11-13-21-36(32)38)58-48(70)40-27-41(65-64-40)49(71)59-35-26-43(51(73)61-39-24-16-20-33-18-12-14-22-37(33)39)67(29-35)53(75)45(55(6,7)8)63-47(69)31(2)57-10/h11-14,17-18,21-22,27,30-31,34-35,38-39,42-45,56-57H,15-16,19-20,23-26,28-29H2,1-10H3,(H,58,70)(H,59,71)(H,60,72)(H,61,73)(H,62,68)(H,63,69)(H,64,65)/t30-,31-,34-,35-,38+,39+,42-,43-,44+,45+/m0/s1. The monoisotopic (exact) mass is 1030 g/mol. The maximum atomic E-state index is 14.6. The average molecular weight is 1040 g/mol. The van der Waals surface area contributed by atoms with Crippen LogP contribution in [0.3, 0.4) is 0 Å². The molecule has 9 N–H and O–H groups in total. The minimum Gasteiger partial charge on any atom is -0.347 e. The molecular formula is C55H78N12O8. The second-order valence-corrected chi connectivity index (χ2v) is 22.9. The van der Waals surface area contributed by atoms with Crippen LogP contribution in [-0.2, 0) is 41.6 Å². The summed E-state index contributed by atoms with van der Waals surface area (Å²) in [5, 5.41) is 30.7. The Morgan fingerprint density at radius 3 is 1.43 bits per heavy atom. The van der Waals surface area contributed by atoms with E-state index in [0.29, 0.717) is 0 Å². The zero-order chi connectivity index (χ0) is 54.5. The summed E-state index contributed by atoms with van der Waals surface area (Å²) < 4.78 is 0. The molecule has 2 saturated heterocycles. The van der Waals surface area contributed by atoms with Crippen molar-refractivity contribution in [2.24, 2.45) is 10.8 Å². The number of carbonyl (C=O) groups excluding carboxylic acids is 8. The van der Waals surface area contributed by atoms with Crippen LogP contribution in [0.5, 0.6) is 0 Å². The van der Waals surface area contributed by atoms with Gasteiger partial charge < -0.3 is 52.3 Å². The number of hydrogen-bond acceptors (Lipinski definition) is 11. The number of likely N-dealkylation sites (tertiary alicyclic amines) is 2. The highest BCUT2D eigenvalue weighted by atomic mass is 16.2. The second kappa shape index (κ2) is 23.5. The lowest BCUT2D eigenvalue weighted by molar-refractivity contribution is -0.144. The smallest absolute Gasteiger partial charge is 0.272 e. The van der Waals surface area contributed by atoms with Crippen LogP contribution < -0.4 is 42.5 Å². The van der Waals surface area contributed by atoms with Crippen molar-refractivity contribution in [2.75, 3.05) is 27.2 Å². The summed E-state index contributed by atoms with van der Waals surface area (Å²) in [4.78, 5) is 115. The molecule has 2 aliphatic heterocycles. The molecule has 75 heavy (non-hydrogen) atoms. The lowest BCUT2D eigenvalue weighted by Crippen LogP contribution is -2.59. The minimum atomic E-state index is -1.01. The molecular weight excluding hydrogens is 957 g/mol. The molecule has 20 heteroatoms. The van der Waals surface area contributed by atoms with E-state index in [4.69, 9.17) is 0 Å². The second-order valence-electron chi connectivity index (χ2n) is 22.9. The Kier molecular flexibility index (Phi) is 17.5. The van der Waals surface area contributed by atoms with E-state index in [9.17, 15) is 38.4 Å². The number of rotatable bonds is 16. The molecule has 0 unspecified atom stereocenters. The van der Waals surface area contributed by atoms with Crippen molar-refractivity contribution in [3.05, 3.63) is 88.2 Å². The Labute approximate surface area is 440 Å². The van der Waals surface area contributed by atoms with Crippen molar-refractivity contribution in [1.82, 2.24) is 62.5 Å². The number of aromatic nitrogens is 2. The number of nitrogens with zero attached hydrogens (tertiary/aromatic N) is 3. The molecule has 7 rings (SSSR count). The number of fused-ring (bicyclic) bond motifs is 2. The van der Waals surface area contributed by atoms with Crippen molar-refractivity contribution in [3.8, 4) is 0 Å². The largest absolute Gasteiger partial charge is 0.347 e. The van der Waals surface area contributed by atoms with Crippen LogP contribution in [-0.4, -0.2) is 143 Å². The first-order chi connectivity index (χ1) is 35.5. The number of aromatic amines is 1. The van der Waals surface area contributed by atoms with Crippen molar-refractivity contribution in [1.29, 1.82) is 0 Å². The van der Waals surface area contributed by atoms with Crippen molar-refractivity contribution < 1.29 is 38.4 Å². The van der Waals surface area contributed by atoms with Gasteiger partial charge in [-0.25, -0.2) is 0 Å². The first-order valence-corrected chi connectivity index (χ1v) is 26.5. The van der Waals surface area contributed by atoms with Crippen LogP contribution in [0.1, 0.15) is 149 Å². The Hall–Kier alpha value is -6.67. The zero-order valence-corrected chi connectivity index (χ0v) is 45.1.